The predicted octanol–water partition coefficient (Wildman–Crippen LogP) is 4.70. The highest BCUT2D eigenvalue weighted by molar-refractivity contribution is 5.79. The number of para-hydroxylation sites is 1. The van der Waals surface area contributed by atoms with Gasteiger partial charge in [-0.3, -0.25) is 4.79 Å². The van der Waals surface area contributed by atoms with Crippen molar-refractivity contribution in [3.8, 4) is 17.0 Å². The second-order valence-electron chi connectivity index (χ2n) is 11.9. The highest BCUT2D eigenvalue weighted by Crippen LogP contribution is 2.52. The molecule has 1 fully saturated rings. The Hall–Kier alpha value is -2.90. The first-order chi connectivity index (χ1) is 17.5. The van der Waals surface area contributed by atoms with Gasteiger partial charge < -0.3 is 26.2 Å². The Kier molecular flexibility index (Phi) is 7.95. The van der Waals surface area contributed by atoms with Gasteiger partial charge in [-0.25, -0.2) is 4.98 Å². The van der Waals surface area contributed by atoms with Crippen molar-refractivity contribution in [3.63, 3.8) is 0 Å². The maximum absolute atomic E-state index is 11.7. The van der Waals surface area contributed by atoms with Crippen molar-refractivity contribution >= 4 is 11.6 Å². The first-order valence-electron chi connectivity index (χ1n) is 13.4. The predicted molar refractivity (Wildman–Crippen MR) is 148 cm³/mol. The summed E-state index contributed by atoms with van der Waals surface area (Å²) in [7, 11) is 0. The maximum Gasteiger partial charge on any atom is 0.217 e. The van der Waals surface area contributed by atoms with Crippen molar-refractivity contribution < 1.29 is 14.6 Å². The topological polar surface area (TPSA) is 110 Å². The molecule has 0 unspecified atom stereocenters. The van der Waals surface area contributed by atoms with Crippen LogP contribution >= 0.6 is 0 Å². The standard InChI is InChI=1S/C30H42N4O3/c1-6-10-24(33-19(2)35)26(36)18-32-25-17-30(13-9-14-30)37-28-22(25)15-20(16-29(3,4)5)34-27(28)21-11-7-8-12-23(21)31/h6-8,11-12,15,24-26,32,36H,1,9-10,13-14,16-18,31H2,2-5H3,(H,33,35)/t24-,25-,26+/m0/s1. The molecule has 1 spiro atoms. The van der Waals surface area contributed by atoms with Gasteiger partial charge in [0, 0.05) is 48.4 Å². The molecule has 2 heterocycles. The van der Waals surface area contributed by atoms with Gasteiger partial charge in [0.1, 0.15) is 11.3 Å². The van der Waals surface area contributed by atoms with Gasteiger partial charge in [0.25, 0.3) is 0 Å². The van der Waals surface area contributed by atoms with E-state index in [4.69, 9.17) is 15.5 Å². The molecule has 37 heavy (non-hydrogen) atoms. The van der Waals surface area contributed by atoms with Crippen LogP contribution in [-0.2, 0) is 11.2 Å². The summed E-state index contributed by atoms with van der Waals surface area (Å²) in [6.07, 6.45) is 6.20. The molecule has 200 valence electrons. The molecule has 1 aliphatic carbocycles. The lowest BCUT2D eigenvalue weighted by atomic mass is 9.72. The minimum absolute atomic E-state index is 0.0224. The van der Waals surface area contributed by atoms with Gasteiger partial charge in [-0.05, 0) is 49.7 Å². The number of carbonyl (C=O) groups is 1. The lowest BCUT2D eigenvalue weighted by Gasteiger charge is -2.48. The van der Waals surface area contributed by atoms with Crippen molar-refractivity contribution in [1.82, 2.24) is 15.6 Å². The van der Waals surface area contributed by atoms with Crippen LogP contribution in [0.15, 0.2) is 43.0 Å². The molecule has 7 heteroatoms. The molecule has 0 bridgehead atoms. The maximum atomic E-state index is 11.7. The van der Waals surface area contributed by atoms with Gasteiger partial charge in [-0.1, -0.05) is 45.0 Å². The summed E-state index contributed by atoms with van der Waals surface area (Å²) >= 11 is 0. The number of nitrogens with one attached hydrogen (secondary N) is 2. The number of pyridine rings is 1. The normalized spacial score (nSPS) is 19.8. The number of nitrogens with two attached hydrogens (primary N) is 1. The Labute approximate surface area is 220 Å². The van der Waals surface area contributed by atoms with Gasteiger partial charge in [0.05, 0.1) is 12.1 Å². The number of hydrogen-bond acceptors (Lipinski definition) is 6. The fourth-order valence-electron chi connectivity index (χ4n) is 5.46. The molecule has 7 nitrogen and oxygen atoms in total. The Balaban J connectivity index is 1.73. The summed E-state index contributed by atoms with van der Waals surface area (Å²) in [6.45, 7) is 12.2. The van der Waals surface area contributed by atoms with Crippen molar-refractivity contribution in [3.05, 3.63) is 54.2 Å². The van der Waals surface area contributed by atoms with Gasteiger partial charge in [0.2, 0.25) is 5.91 Å². The zero-order valence-electron chi connectivity index (χ0n) is 22.6. The van der Waals surface area contributed by atoms with E-state index in [1.54, 1.807) is 6.08 Å². The van der Waals surface area contributed by atoms with Crippen LogP contribution in [-0.4, -0.2) is 40.3 Å². The smallest absolute Gasteiger partial charge is 0.217 e. The number of aliphatic hydroxyl groups is 1. The fraction of sp³-hybridized carbons (Fsp3) is 0.533. The average molecular weight is 507 g/mol. The molecule has 1 aromatic heterocycles. The Morgan fingerprint density at radius 3 is 2.68 bits per heavy atom. The molecule has 0 saturated heterocycles. The van der Waals surface area contributed by atoms with E-state index in [0.29, 0.717) is 18.7 Å². The third-order valence-corrected chi connectivity index (χ3v) is 7.36. The summed E-state index contributed by atoms with van der Waals surface area (Å²) in [5, 5.41) is 17.4. The Morgan fingerprint density at radius 2 is 2.08 bits per heavy atom. The molecule has 4 rings (SSSR count). The Morgan fingerprint density at radius 1 is 1.35 bits per heavy atom. The van der Waals surface area contributed by atoms with Crippen LogP contribution in [0.1, 0.15) is 77.1 Å². The number of fused-ring (bicyclic) bond motifs is 1. The number of nitrogen functional groups attached to an aromatic ring is 1. The lowest BCUT2D eigenvalue weighted by Crippen LogP contribution is -2.51. The summed E-state index contributed by atoms with van der Waals surface area (Å²) in [5.41, 5.74) is 10.6. The SMILES string of the molecule is C=CC[C@H](NC(C)=O)[C@H](O)CN[C@H]1CC2(CCC2)Oc2c1cc(CC(C)(C)C)nc2-c1ccccc1N. The zero-order chi connectivity index (χ0) is 26.8. The number of benzene rings is 1. The largest absolute Gasteiger partial charge is 0.485 e. The fourth-order valence-corrected chi connectivity index (χ4v) is 5.46. The number of nitrogens with zero attached hydrogens (tertiary/aromatic N) is 1. The van der Waals surface area contributed by atoms with Gasteiger partial charge in [-0.15, -0.1) is 6.58 Å². The second kappa shape index (κ2) is 10.8. The summed E-state index contributed by atoms with van der Waals surface area (Å²) in [6, 6.07) is 9.55. The van der Waals surface area contributed by atoms with Gasteiger partial charge in [0.15, 0.2) is 5.75 Å². The first-order valence-corrected chi connectivity index (χ1v) is 13.4. The quantitative estimate of drug-likeness (QED) is 0.290. The molecule has 1 aromatic carbocycles. The van der Waals surface area contributed by atoms with Gasteiger partial charge >= 0.3 is 0 Å². The molecule has 2 aromatic rings. The molecule has 3 atom stereocenters. The summed E-state index contributed by atoms with van der Waals surface area (Å²) in [5.74, 6) is 0.622. The molecule has 2 aliphatic rings. The summed E-state index contributed by atoms with van der Waals surface area (Å²) in [4.78, 5) is 16.8. The van der Waals surface area contributed by atoms with E-state index in [-0.39, 0.29) is 23.0 Å². The number of ether oxygens (including phenoxy) is 1. The zero-order valence-corrected chi connectivity index (χ0v) is 22.6. The van der Waals surface area contributed by atoms with Crippen LogP contribution in [0.3, 0.4) is 0 Å². The Bertz CT molecular complexity index is 1140. The average Bonchev–Trinajstić information content (AvgIpc) is 2.79. The molecule has 5 N–H and O–H groups in total. The molecular weight excluding hydrogens is 464 g/mol. The lowest BCUT2D eigenvalue weighted by molar-refractivity contribution is -0.120. The number of amides is 1. The molecule has 1 saturated carbocycles. The van der Waals surface area contributed by atoms with E-state index < -0.39 is 12.1 Å². The minimum Gasteiger partial charge on any atom is -0.485 e. The third kappa shape index (κ3) is 6.33. The van der Waals surface area contributed by atoms with Crippen LogP contribution < -0.4 is 21.1 Å². The van der Waals surface area contributed by atoms with E-state index >= 15 is 0 Å². The van der Waals surface area contributed by atoms with E-state index in [0.717, 1.165) is 60.4 Å². The number of anilines is 1. The number of aliphatic hydroxyl groups excluding tert-OH is 1. The highest BCUT2D eigenvalue weighted by Gasteiger charge is 2.47. The van der Waals surface area contributed by atoms with E-state index in [1.807, 2.05) is 24.3 Å². The van der Waals surface area contributed by atoms with E-state index in [9.17, 15) is 9.90 Å². The van der Waals surface area contributed by atoms with Gasteiger partial charge in [-0.2, -0.15) is 0 Å². The number of carbonyl (C=O) groups excluding carboxylic acids is 1. The number of hydrogen-bond donors (Lipinski definition) is 4. The summed E-state index contributed by atoms with van der Waals surface area (Å²) < 4.78 is 6.77. The molecule has 1 amide bonds. The molecule has 1 aliphatic heterocycles. The van der Waals surface area contributed by atoms with Crippen molar-refractivity contribution in [1.29, 1.82) is 0 Å². The third-order valence-electron chi connectivity index (χ3n) is 7.36. The second-order valence-corrected chi connectivity index (χ2v) is 11.9. The molecular formula is C30H42N4O3. The minimum atomic E-state index is -0.759. The van der Waals surface area contributed by atoms with Crippen LogP contribution in [0, 0.1) is 5.41 Å². The van der Waals surface area contributed by atoms with Crippen LogP contribution in [0.2, 0.25) is 0 Å². The van der Waals surface area contributed by atoms with E-state index in [2.05, 4.69) is 44.1 Å². The monoisotopic (exact) mass is 506 g/mol. The highest BCUT2D eigenvalue weighted by atomic mass is 16.5. The van der Waals surface area contributed by atoms with E-state index in [1.165, 1.54) is 6.92 Å². The molecule has 0 radical (unpaired) electrons. The van der Waals surface area contributed by atoms with Crippen LogP contribution in [0.25, 0.3) is 11.3 Å². The van der Waals surface area contributed by atoms with Crippen LogP contribution in [0.5, 0.6) is 5.75 Å². The number of rotatable bonds is 9. The van der Waals surface area contributed by atoms with Crippen molar-refractivity contribution in [2.24, 2.45) is 5.41 Å². The van der Waals surface area contributed by atoms with Crippen LogP contribution in [0.4, 0.5) is 5.69 Å². The number of aromatic nitrogens is 1. The van der Waals surface area contributed by atoms with Crippen molar-refractivity contribution in [2.75, 3.05) is 12.3 Å². The van der Waals surface area contributed by atoms with Crippen molar-refractivity contribution in [2.45, 2.75) is 90.0 Å². The first kappa shape index (κ1) is 27.1.